The summed E-state index contributed by atoms with van der Waals surface area (Å²) in [4.78, 5) is 8.19. The van der Waals surface area contributed by atoms with Crippen LogP contribution in [0, 0.1) is 0 Å². The Labute approximate surface area is 106 Å². The van der Waals surface area contributed by atoms with Crippen LogP contribution in [0.4, 0.5) is 17.2 Å². The van der Waals surface area contributed by atoms with E-state index in [0.717, 1.165) is 11.4 Å². The minimum Gasteiger partial charge on any atom is -0.394 e. The topological polar surface area (TPSA) is 89.8 Å². The predicted octanol–water partition coefficient (Wildman–Crippen LogP) is 1.98. The number of rotatable bonds is 4. The fraction of sp³-hybridized carbons (Fsp3) is 0.0769. The zero-order valence-corrected chi connectivity index (χ0v) is 9.88. The Morgan fingerprint density at radius 3 is 2.67 bits per heavy atom. The molecule has 0 aliphatic rings. The first kappa shape index (κ1) is 11.9. The van der Waals surface area contributed by atoms with Crippen LogP contribution < -0.4 is 16.8 Å². The Hall–Kier alpha value is -2.56. The fourth-order valence-corrected chi connectivity index (χ4v) is 1.60. The van der Waals surface area contributed by atoms with Gasteiger partial charge in [-0.1, -0.05) is 12.1 Å². The van der Waals surface area contributed by atoms with Crippen molar-refractivity contribution in [1.29, 1.82) is 0 Å². The maximum atomic E-state index is 5.86. The normalized spacial score (nSPS) is 11.8. The summed E-state index contributed by atoms with van der Waals surface area (Å²) in [6, 6.07) is 7.34. The van der Waals surface area contributed by atoms with Crippen molar-refractivity contribution in [3.8, 4) is 0 Å². The maximum absolute atomic E-state index is 5.86. The largest absolute Gasteiger partial charge is 0.394 e. The summed E-state index contributed by atoms with van der Waals surface area (Å²) in [6.07, 6.45) is 5.10. The molecule has 0 saturated heterocycles. The van der Waals surface area contributed by atoms with E-state index in [2.05, 4.69) is 21.9 Å². The molecule has 2 aromatic heterocycles. The second-order valence-corrected chi connectivity index (χ2v) is 3.77. The van der Waals surface area contributed by atoms with E-state index >= 15 is 0 Å². The van der Waals surface area contributed by atoms with E-state index in [4.69, 9.17) is 11.5 Å². The van der Waals surface area contributed by atoms with Gasteiger partial charge in [-0.2, -0.15) is 0 Å². The van der Waals surface area contributed by atoms with Gasteiger partial charge in [0.2, 0.25) is 0 Å². The van der Waals surface area contributed by atoms with Crippen LogP contribution in [0.2, 0.25) is 0 Å². The number of nitrogen functional groups attached to an aromatic ring is 2. The summed E-state index contributed by atoms with van der Waals surface area (Å²) in [6.45, 7) is 3.80. The number of hydrogen-bond donors (Lipinski definition) is 3. The van der Waals surface area contributed by atoms with Gasteiger partial charge in [0, 0.05) is 12.4 Å². The van der Waals surface area contributed by atoms with Gasteiger partial charge in [-0.25, -0.2) is 4.98 Å². The minimum atomic E-state index is -0.129. The molecule has 0 saturated carbocycles. The van der Waals surface area contributed by atoms with E-state index in [0.29, 0.717) is 11.5 Å². The highest BCUT2D eigenvalue weighted by molar-refractivity contribution is 5.76. The molecule has 0 radical (unpaired) electrons. The standard InChI is InChI=1S/C13H15N5/c1-2-9(10-5-3-4-7-16-10)18-11-6-8-17-13(15)12(11)14/h2-9H,1,14H2,(H3,15,17,18). The molecule has 0 aliphatic carbocycles. The lowest BCUT2D eigenvalue weighted by atomic mass is 10.1. The minimum absolute atomic E-state index is 0.129. The third-order valence-electron chi connectivity index (χ3n) is 2.57. The molecular weight excluding hydrogens is 226 g/mol. The molecule has 2 rings (SSSR count). The number of hydrogen-bond acceptors (Lipinski definition) is 5. The Bertz CT molecular complexity index is 538. The predicted molar refractivity (Wildman–Crippen MR) is 73.9 cm³/mol. The third kappa shape index (κ3) is 2.40. The number of nitrogens with one attached hydrogen (secondary N) is 1. The lowest BCUT2D eigenvalue weighted by Crippen LogP contribution is -2.12. The molecule has 5 N–H and O–H groups in total. The lowest BCUT2D eigenvalue weighted by molar-refractivity contribution is 0.925. The van der Waals surface area contributed by atoms with E-state index in [-0.39, 0.29) is 6.04 Å². The fourth-order valence-electron chi connectivity index (χ4n) is 1.60. The van der Waals surface area contributed by atoms with Crippen molar-refractivity contribution in [2.45, 2.75) is 6.04 Å². The molecule has 0 aromatic carbocycles. The second kappa shape index (κ2) is 5.18. The van der Waals surface area contributed by atoms with Crippen molar-refractivity contribution in [3.63, 3.8) is 0 Å². The van der Waals surface area contributed by atoms with Crippen molar-refractivity contribution < 1.29 is 0 Å². The quantitative estimate of drug-likeness (QED) is 0.712. The summed E-state index contributed by atoms with van der Waals surface area (Å²) >= 11 is 0. The van der Waals surface area contributed by atoms with Crippen LogP contribution in [0.5, 0.6) is 0 Å². The first-order chi connectivity index (χ1) is 8.72. The summed E-state index contributed by atoms with van der Waals surface area (Å²) in [5, 5.41) is 3.23. The zero-order valence-electron chi connectivity index (χ0n) is 9.88. The van der Waals surface area contributed by atoms with Crippen LogP contribution in [-0.2, 0) is 0 Å². The molecule has 92 valence electrons. The highest BCUT2D eigenvalue weighted by Gasteiger charge is 2.11. The van der Waals surface area contributed by atoms with Crippen LogP contribution in [0.25, 0.3) is 0 Å². The molecule has 0 amide bonds. The highest BCUT2D eigenvalue weighted by Crippen LogP contribution is 2.26. The molecule has 2 heterocycles. The average molecular weight is 241 g/mol. The van der Waals surface area contributed by atoms with Crippen molar-refractivity contribution >= 4 is 17.2 Å². The summed E-state index contributed by atoms with van der Waals surface area (Å²) in [7, 11) is 0. The maximum Gasteiger partial charge on any atom is 0.148 e. The van der Waals surface area contributed by atoms with Crippen molar-refractivity contribution in [3.05, 3.63) is 55.0 Å². The van der Waals surface area contributed by atoms with E-state index in [1.165, 1.54) is 0 Å². The molecule has 5 heteroatoms. The second-order valence-electron chi connectivity index (χ2n) is 3.77. The van der Waals surface area contributed by atoms with Gasteiger partial charge < -0.3 is 16.8 Å². The average Bonchev–Trinajstić information content (AvgIpc) is 2.41. The molecule has 0 aliphatic heterocycles. The van der Waals surface area contributed by atoms with Crippen molar-refractivity contribution in [2.24, 2.45) is 0 Å². The van der Waals surface area contributed by atoms with Gasteiger partial charge in [0.25, 0.3) is 0 Å². The Morgan fingerprint density at radius 2 is 2.00 bits per heavy atom. The van der Waals surface area contributed by atoms with E-state index in [9.17, 15) is 0 Å². The van der Waals surface area contributed by atoms with Gasteiger partial charge in [-0.05, 0) is 18.2 Å². The summed E-state index contributed by atoms with van der Waals surface area (Å²) < 4.78 is 0. The molecule has 0 spiro atoms. The van der Waals surface area contributed by atoms with Crippen LogP contribution in [0.15, 0.2) is 49.3 Å². The van der Waals surface area contributed by atoms with E-state index in [1.807, 2.05) is 18.2 Å². The van der Waals surface area contributed by atoms with Crippen LogP contribution in [-0.4, -0.2) is 9.97 Å². The third-order valence-corrected chi connectivity index (χ3v) is 2.57. The first-order valence-electron chi connectivity index (χ1n) is 5.52. The number of anilines is 3. The highest BCUT2D eigenvalue weighted by atomic mass is 15.0. The SMILES string of the molecule is C=CC(Nc1ccnc(N)c1N)c1ccccn1. The number of nitrogens with zero attached hydrogens (tertiary/aromatic N) is 2. The Morgan fingerprint density at radius 1 is 1.17 bits per heavy atom. The number of aromatic nitrogens is 2. The van der Waals surface area contributed by atoms with Gasteiger partial charge in [0.1, 0.15) is 5.82 Å². The molecule has 0 fully saturated rings. The smallest absolute Gasteiger partial charge is 0.148 e. The number of pyridine rings is 2. The summed E-state index contributed by atoms with van der Waals surface area (Å²) in [5.74, 6) is 0.309. The van der Waals surface area contributed by atoms with Gasteiger partial charge in [0.05, 0.1) is 23.1 Å². The number of nitrogens with two attached hydrogens (primary N) is 2. The van der Waals surface area contributed by atoms with Crippen molar-refractivity contribution in [1.82, 2.24) is 9.97 Å². The molecule has 18 heavy (non-hydrogen) atoms. The molecule has 5 nitrogen and oxygen atoms in total. The van der Waals surface area contributed by atoms with Crippen molar-refractivity contribution in [2.75, 3.05) is 16.8 Å². The van der Waals surface area contributed by atoms with E-state index < -0.39 is 0 Å². The van der Waals surface area contributed by atoms with Crippen LogP contribution >= 0.6 is 0 Å². The van der Waals surface area contributed by atoms with Crippen LogP contribution in [0.3, 0.4) is 0 Å². The van der Waals surface area contributed by atoms with Gasteiger partial charge in [0.15, 0.2) is 0 Å². The van der Waals surface area contributed by atoms with Crippen LogP contribution in [0.1, 0.15) is 11.7 Å². The molecule has 1 unspecified atom stereocenters. The Kier molecular flexibility index (Phi) is 3.43. The zero-order chi connectivity index (χ0) is 13.0. The van der Waals surface area contributed by atoms with Gasteiger partial charge in [-0.3, -0.25) is 4.98 Å². The molecule has 0 bridgehead atoms. The molecule has 2 aromatic rings. The Balaban J connectivity index is 2.26. The molecular formula is C13H15N5. The van der Waals surface area contributed by atoms with Gasteiger partial charge >= 0.3 is 0 Å². The monoisotopic (exact) mass is 241 g/mol. The summed E-state index contributed by atoms with van der Waals surface area (Å²) in [5.41, 5.74) is 13.5. The first-order valence-corrected chi connectivity index (χ1v) is 5.52. The lowest BCUT2D eigenvalue weighted by Gasteiger charge is -2.17. The molecule has 1 atom stereocenters. The van der Waals surface area contributed by atoms with Gasteiger partial charge in [-0.15, -0.1) is 6.58 Å². The van der Waals surface area contributed by atoms with E-state index in [1.54, 1.807) is 24.5 Å².